The predicted molar refractivity (Wildman–Crippen MR) is 92.5 cm³/mol. The van der Waals surface area contributed by atoms with Crippen LogP contribution in [0.1, 0.15) is 34.4 Å². The van der Waals surface area contributed by atoms with E-state index in [0.717, 1.165) is 46.9 Å². The van der Waals surface area contributed by atoms with Crippen LogP contribution in [-0.4, -0.2) is 20.4 Å². The third-order valence-corrected chi connectivity index (χ3v) is 5.22. The number of ether oxygens (including phenoxy) is 2. The van der Waals surface area contributed by atoms with Crippen LogP contribution in [0.4, 0.5) is 5.00 Å². The van der Waals surface area contributed by atoms with E-state index in [2.05, 4.69) is 11.1 Å². The van der Waals surface area contributed by atoms with Crippen molar-refractivity contribution in [2.24, 2.45) is 4.99 Å². The van der Waals surface area contributed by atoms with Crippen LogP contribution in [0.2, 0.25) is 0 Å². The minimum absolute atomic E-state index is 0.731. The number of hydrogen-bond donors (Lipinski definition) is 0. The van der Waals surface area contributed by atoms with E-state index in [0.29, 0.717) is 0 Å². The van der Waals surface area contributed by atoms with E-state index in [1.54, 1.807) is 31.8 Å². The standard InChI is InChI=1S/C18H18N2O2S/c1-21-13-7-8-16(22-2)12(9-13)11-20-18-15(10-19)14-5-3-4-6-17(14)23-18/h7-9,11H,3-6H2,1-2H3/b20-11+. The summed E-state index contributed by atoms with van der Waals surface area (Å²) in [7, 11) is 3.26. The molecular weight excluding hydrogens is 308 g/mol. The van der Waals surface area contributed by atoms with Crippen molar-refractivity contribution in [3.8, 4) is 17.6 Å². The lowest BCUT2D eigenvalue weighted by atomic mass is 9.96. The highest BCUT2D eigenvalue weighted by Gasteiger charge is 2.20. The first-order valence-corrected chi connectivity index (χ1v) is 8.39. The lowest BCUT2D eigenvalue weighted by Gasteiger charge is -2.09. The molecule has 23 heavy (non-hydrogen) atoms. The Kier molecular flexibility index (Phi) is 4.63. The molecule has 0 amide bonds. The first-order chi connectivity index (χ1) is 11.3. The van der Waals surface area contributed by atoms with Crippen molar-refractivity contribution in [2.75, 3.05) is 14.2 Å². The van der Waals surface area contributed by atoms with Crippen molar-refractivity contribution >= 4 is 22.6 Å². The molecule has 0 aliphatic heterocycles. The molecule has 1 aromatic heterocycles. The first kappa shape index (κ1) is 15.6. The van der Waals surface area contributed by atoms with Gasteiger partial charge in [0, 0.05) is 16.7 Å². The summed E-state index contributed by atoms with van der Waals surface area (Å²) in [5, 5.41) is 10.3. The molecule has 4 nitrogen and oxygen atoms in total. The average Bonchev–Trinajstić information content (AvgIpc) is 2.97. The molecule has 0 saturated heterocycles. The summed E-state index contributed by atoms with van der Waals surface area (Å²) in [4.78, 5) is 5.89. The fourth-order valence-electron chi connectivity index (χ4n) is 2.83. The van der Waals surface area contributed by atoms with Crippen molar-refractivity contribution in [1.82, 2.24) is 0 Å². The zero-order chi connectivity index (χ0) is 16.2. The molecule has 3 rings (SSSR count). The van der Waals surface area contributed by atoms with Crippen molar-refractivity contribution in [3.05, 3.63) is 39.8 Å². The van der Waals surface area contributed by atoms with Gasteiger partial charge in [0.05, 0.1) is 19.8 Å². The summed E-state index contributed by atoms with van der Waals surface area (Å²) in [5.74, 6) is 1.48. The minimum Gasteiger partial charge on any atom is -0.497 e. The predicted octanol–water partition coefficient (Wildman–Crippen LogP) is 4.27. The highest BCUT2D eigenvalue weighted by Crippen LogP contribution is 2.39. The van der Waals surface area contributed by atoms with Gasteiger partial charge >= 0.3 is 0 Å². The Morgan fingerprint density at radius 3 is 2.78 bits per heavy atom. The zero-order valence-corrected chi connectivity index (χ0v) is 14.1. The maximum Gasteiger partial charge on any atom is 0.134 e. The number of aliphatic imine (C=N–C) groups is 1. The summed E-state index contributed by atoms with van der Waals surface area (Å²) in [5.41, 5.74) is 2.78. The molecule has 0 bridgehead atoms. The van der Waals surface area contributed by atoms with Gasteiger partial charge in [-0.05, 0) is 49.4 Å². The molecular formula is C18H18N2O2S. The molecule has 0 saturated carbocycles. The zero-order valence-electron chi connectivity index (χ0n) is 13.3. The second-order valence-electron chi connectivity index (χ2n) is 5.37. The monoisotopic (exact) mass is 326 g/mol. The molecule has 0 unspecified atom stereocenters. The molecule has 1 aliphatic carbocycles. The third kappa shape index (κ3) is 3.08. The van der Waals surface area contributed by atoms with E-state index in [4.69, 9.17) is 9.47 Å². The second-order valence-corrected chi connectivity index (χ2v) is 6.45. The lowest BCUT2D eigenvalue weighted by Crippen LogP contribution is -1.99. The molecule has 2 aromatic rings. The quantitative estimate of drug-likeness (QED) is 0.789. The van der Waals surface area contributed by atoms with Gasteiger partial charge in [-0.1, -0.05) is 0 Å². The molecule has 0 spiro atoms. The van der Waals surface area contributed by atoms with E-state index in [-0.39, 0.29) is 0 Å². The fourth-order valence-corrected chi connectivity index (χ4v) is 4.01. The number of nitriles is 1. The minimum atomic E-state index is 0.731. The van der Waals surface area contributed by atoms with Gasteiger partial charge in [0.25, 0.3) is 0 Å². The molecule has 0 atom stereocenters. The number of nitrogens with zero attached hydrogens (tertiary/aromatic N) is 2. The summed E-state index contributed by atoms with van der Waals surface area (Å²) in [6.45, 7) is 0. The molecule has 0 fully saturated rings. The van der Waals surface area contributed by atoms with Gasteiger partial charge in [-0.25, -0.2) is 4.99 Å². The van der Waals surface area contributed by atoms with E-state index in [9.17, 15) is 5.26 Å². The van der Waals surface area contributed by atoms with Gasteiger partial charge in [0.2, 0.25) is 0 Å². The van der Waals surface area contributed by atoms with Crippen LogP contribution in [0.3, 0.4) is 0 Å². The number of rotatable bonds is 4. The number of benzene rings is 1. The second kappa shape index (κ2) is 6.84. The smallest absolute Gasteiger partial charge is 0.134 e. The molecule has 1 aliphatic rings. The highest BCUT2D eigenvalue weighted by molar-refractivity contribution is 7.16. The Morgan fingerprint density at radius 1 is 1.22 bits per heavy atom. The van der Waals surface area contributed by atoms with Gasteiger partial charge in [0.15, 0.2) is 0 Å². The van der Waals surface area contributed by atoms with Crippen LogP contribution in [-0.2, 0) is 12.8 Å². The van der Waals surface area contributed by atoms with Gasteiger partial charge in [-0.3, -0.25) is 0 Å². The molecule has 5 heteroatoms. The number of aryl methyl sites for hydroxylation is 1. The van der Waals surface area contributed by atoms with Crippen LogP contribution in [0.5, 0.6) is 11.5 Å². The van der Waals surface area contributed by atoms with Crippen molar-refractivity contribution in [1.29, 1.82) is 5.26 Å². The normalized spacial score (nSPS) is 13.6. The summed E-state index contributed by atoms with van der Waals surface area (Å²) < 4.78 is 10.6. The third-order valence-electron chi connectivity index (χ3n) is 4.02. The molecule has 118 valence electrons. The van der Waals surface area contributed by atoms with Gasteiger partial charge in [-0.15, -0.1) is 11.3 Å². The van der Waals surface area contributed by atoms with Crippen molar-refractivity contribution < 1.29 is 9.47 Å². The number of methoxy groups -OCH3 is 2. The molecule has 0 N–H and O–H groups in total. The topological polar surface area (TPSA) is 54.6 Å². The van der Waals surface area contributed by atoms with Crippen molar-refractivity contribution in [2.45, 2.75) is 25.7 Å². The van der Waals surface area contributed by atoms with E-state index in [1.807, 2.05) is 18.2 Å². The Balaban J connectivity index is 1.98. The van der Waals surface area contributed by atoms with Gasteiger partial charge in [0.1, 0.15) is 22.6 Å². The van der Waals surface area contributed by atoms with E-state index >= 15 is 0 Å². The molecule has 1 heterocycles. The number of thiophene rings is 1. The first-order valence-electron chi connectivity index (χ1n) is 7.57. The van der Waals surface area contributed by atoms with Crippen LogP contribution in [0.15, 0.2) is 23.2 Å². The maximum absolute atomic E-state index is 9.48. The average molecular weight is 326 g/mol. The van der Waals surface area contributed by atoms with Crippen molar-refractivity contribution in [3.63, 3.8) is 0 Å². The number of hydrogen-bond acceptors (Lipinski definition) is 5. The Hall–Kier alpha value is -2.32. The summed E-state index contributed by atoms with van der Waals surface area (Å²) in [6.07, 6.45) is 6.16. The Labute approximate surface area is 140 Å². The van der Waals surface area contributed by atoms with Crippen LogP contribution in [0.25, 0.3) is 0 Å². The SMILES string of the molecule is COc1ccc(OC)c(/C=N/c2sc3c(c2C#N)CCCC3)c1. The highest BCUT2D eigenvalue weighted by atomic mass is 32.1. The maximum atomic E-state index is 9.48. The number of fused-ring (bicyclic) bond motifs is 1. The largest absolute Gasteiger partial charge is 0.497 e. The van der Waals surface area contributed by atoms with Crippen LogP contribution < -0.4 is 9.47 Å². The van der Waals surface area contributed by atoms with Crippen LogP contribution in [0, 0.1) is 11.3 Å². The Bertz CT molecular complexity index is 787. The lowest BCUT2D eigenvalue weighted by molar-refractivity contribution is 0.402. The molecule has 1 aromatic carbocycles. The van der Waals surface area contributed by atoms with Gasteiger partial charge < -0.3 is 9.47 Å². The van der Waals surface area contributed by atoms with E-state index < -0.39 is 0 Å². The van der Waals surface area contributed by atoms with Gasteiger partial charge in [-0.2, -0.15) is 5.26 Å². The molecule has 0 radical (unpaired) electrons. The Morgan fingerprint density at radius 2 is 2.04 bits per heavy atom. The fraction of sp³-hybridized carbons (Fsp3) is 0.333. The summed E-state index contributed by atoms with van der Waals surface area (Å²) in [6, 6.07) is 7.91. The van der Waals surface area contributed by atoms with Crippen LogP contribution >= 0.6 is 11.3 Å². The summed E-state index contributed by atoms with van der Waals surface area (Å²) >= 11 is 1.64. The van der Waals surface area contributed by atoms with E-state index in [1.165, 1.54) is 16.9 Å².